The predicted octanol–water partition coefficient (Wildman–Crippen LogP) is 2.50. The number of rotatable bonds is 2. The molecule has 1 aromatic carbocycles. The van der Waals surface area contributed by atoms with Crippen LogP contribution in [0.2, 0.25) is 5.22 Å². The summed E-state index contributed by atoms with van der Waals surface area (Å²) >= 11 is 5.61. The van der Waals surface area contributed by atoms with Gasteiger partial charge in [-0.25, -0.2) is 0 Å². The number of hydrogen-bond acceptors (Lipinski definition) is 3. The minimum Gasteiger partial charge on any atom is -0.440 e. The molecule has 0 radical (unpaired) electrons. The number of nitrogens with two attached hydrogens (primary N) is 1. The Morgan fingerprint density at radius 2 is 2.21 bits per heavy atom. The van der Waals surface area contributed by atoms with Gasteiger partial charge >= 0.3 is 0 Å². The summed E-state index contributed by atoms with van der Waals surface area (Å²) in [7, 11) is 0. The molecule has 0 spiro atoms. The largest absolute Gasteiger partial charge is 0.440 e. The summed E-state index contributed by atoms with van der Waals surface area (Å²) in [5, 5.41) is 2.87. The van der Waals surface area contributed by atoms with Crippen LogP contribution in [-0.4, -0.2) is 12.5 Å². The molecule has 0 aliphatic rings. The normalized spacial score (nSPS) is 9.58. The van der Waals surface area contributed by atoms with Crippen molar-refractivity contribution in [1.29, 1.82) is 0 Å². The summed E-state index contributed by atoms with van der Waals surface area (Å²) in [5.74, 6) is 5.43. The Kier molecular flexibility index (Phi) is 4.24. The standard InChI is InChI=1S/C14H11ClN2O2/c15-13-7-6-12(19-13)14(18)17-11-5-1-3-10(9-11)4-2-8-16/h1,3,5-7,9H,8,16H2,(H,17,18). The molecule has 0 fully saturated rings. The Bertz CT molecular complexity index is 653. The molecular weight excluding hydrogens is 264 g/mol. The van der Waals surface area contributed by atoms with Crippen molar-refractivity contribution in [1.82, 2.24) is 0 Å². The molecular formula is C14H11ClN2O2. The lowest BCUT2D eigenvalue weighted by Gasteiger charge is -2.03. The molecule has 5 heteroatoms. The van der Waals surface area contributed by atoms with E-state index < -0.39 is 0 Å². The van der Waals surface area contributed by atoms with E-state index in [1.807, 2.05) is 6.07 Å². The molecule has 0 atom stereocenters. The second-order valence-corrected chi connectivity index (χ2v) is 4.02. The minimum atomic E-state index is -0.365. The molecule has 0 aliphatic heterocycles. The molecule has 0 saturated heterocycles. The monoisotopic (exact) mass is 274 g/mol. The molecule has 2 aromatic rings. The summed E-state index contributed by atoms with van der Waals surface area (Å²) in [5.41, 5.74) is 6.71. The fourth-order valence-corrected chi connectivity index (χ4v) is 1.60. The van der Waals surface area contributed by atoms with Gasteiger partial charge in [0.05, 0.1) is 6.54 Å². The van der Waals surface area contributed by atoms with Gasteiger partial charge in [0.1, 0.15) is 0 Å². The zero-order chi connectivity index (χ0) is 13.7. The lowest BCUT2D eigenvalue weighted by atomic mass is 10.2. The van der Waals surface area contributed by atoms with Crippen LogP contribution in [0.25, 0.3) is 0 Å². The van der Waals surface area contributed by atoms with Crippen LogP contribution in [-0.2, 0) is 0 Å². The van der Waals surface area contributed by atoms with Crippen LogP contribution in [0, 0.1) is 11.8 Å². The van der Waals surface area contributed by atoms with Gasteiger partial charge in [-0.2, -0.15) is 0 Å². The molecule has 1 heterocycles. The third kappa shape index (κ3) is 3.62. The van der Waals surface area contributed by atoms with Crippen LogP contribution in [0.15, 0.2) is 40.8 Å². The van der Waals surface area contributed by atoms with Crippen LogP contribution in [0.5, 0.6) is 0 Å². The number of halogens is 1. The molecule has 19 heavy (non-hydrogen) atoms. The first-order chi connectivity index (χ1) is 9.19. The molecule has 0 unspecified atom stereocenters. The number of nitrogens with one attached hydrogen (secondary N) is 1. The van der Waals surface area contributed by atoms with Gasteiger partial charge < -0.3 is 15.5 Å². The smallest absolute Gasteiger partial charge is 0.291 e. The van der Waals surface area contributed by atoms with Crippen molar-refractivity contribution in [3.8, 4) is 11.8 Å². The van der Waals surface area contributed by atoms with E-state index in [0.717, 1.165) is 5.56 Å². The van der Waals surface area contributed by atoms with Crippen LogP contribution in [0.1, 0.15) is 16.1 Å². The summed E-state index contributed by atoms with van der Waals surface area (Å²) in [6.07, 6.45) is 0. The topological polar surface area (TPSA) is 68.3 Å². The van der Waals surface area contributed by atoms with Crippen molar-refractivity contribution in [2.45, 2.75) is 0 Å². The first kappa shape index (κ1) is 13.2. The number of furan rings is 1. The SMILES string of the molecule is NCC#Cc1cccc(NC(=O)c2ccc(Cl)o2)c1. The van der Waals surface area contributed by atoms with Gasteiger partial charge in [0.25, 0.3) is 5.91 Å². The zero-order valence-corrected chi connectivity index (χ0v) is 10.7. The Labute approximate surface area is 115 Å². The third-order valence-electron chi connectivity index (χ3n) is 2.25. The lowest BCUT2D eigenvalue weighted by molar-refractivity contribution is 0.0997. The van der Waals surface area contributed by atoms with Gasteiger partial charge in [-0.15, -0.1) is 0 Å². The molecule has 2 rings (SSSR count). The summed E-state index contributed by atoms with van der Waals surface area (Å²) in [4.78, 5) is 11.8. The van der Waals surface area contributed by atoms with Gasteiger partial charge in [-0.05, 0) is 41.9 Å². The van der Waals surface area contributed by atoms with E-state index in [-0.39, 0.29) is 16.9 Å². The van der Waals surface area contributed by atoms with E-state index in [0.29, 0.717) is 12.2 Å². The van der Waals surface area contributed by atoms with E-state index in [9.17, 15) is 4.79 Å². The predicted molar refractivity (Wildman–Crippen MR) is 74.0 cm³/mol. The Morgan fingerprint density at radius 3 is 2.89 bits per heavy atom. The van der Waals surface area contributed by atoms with Gasteiger partial charge in [-0.3, -0.25) is 4.79 Å². The first-order valence-corrected chi connectivity index (χ1v) is 5.92. The average molecular weight is 275 g/mol. The van der Waals surface area contributed by atoms with E-state index in [4.69, 9.17) is 21.8 Å². The van der Waals surface area contributed by atoms with Crippen molar-refractivity contribution >= 4 is 23.2 Å². The average Bonchev–Trinajstić information content (AvgIpc) is 2.83. The fraction of sp³-hybridized carbons (Fsp3) is 0.0714. The molecule has 0 bridgehead atoms. The third-order valence-corrected chi connectivity index (χ3v) is 2.46. The van der Waals surface area contributed by atoms with E-state index in [2.05, 4.69) is 17.2 Å². The Hall–Kier alpha value is -2.22. The Balaban J connectivity index is 2.13. The molecule has 1 aromatic heterocycles. The molecule has 0 aliphatic carbocycles. The number of carbonyl (C=O) groups is 1. The number of amides is 1. The molecule has 0 saturated carbocycles. The maximum atomic E-state index is 11.8. The molecule has 96 valence electrons. The summed E-state index contributed by atoms with van der Waals surface area (Å²) in [6, 6.07) is 10.2. The first-order valence-electron chi connectivity index (χ1n) is 5.55. The Morgan fingerprint density at radius 1 is 1.37 bits per heavy atom. The lowest BCUT2D eigenvalue weighted by Crippen LogP contribution is -2.10. The maximum Gasteiger partial charge on any atom is 0.291 e. The highest BCUT2D eigenvalue weighted by Crippen LogP contribution is 2.16. The van der Waals surface area contributed by atoms with Crippen molar-refractivity contribution < 1.29 is 9.21 Å². The highest BCUT2D eigenvalue weighted by atomic mass is 35.5. The van der Waals surface area contributed by atoms with Gasteiger partial charge in [-0.1, -0.05) is 17.9 Å². The number of anilines is 1. The van der Waals surface area contributed by atoms with Crippen LogP contribution >= 0.6 is 11.6 Å². The number of hydrogen-bond donors (Lipinski definition) is 2. The van der Waals surface area contributed by atoms with Crippen molar-refractivity contribution in [2.24, 2.45) is 5.73 Å². The molecule has 4 nitrogen and oxygen atoms in total. The van der Waals surface area contributed by atoms with Crippen LogP contribution in [0.3, 0.4) is 0 Å². The van der Waals surface area contributed by atoms with E-state index in [1.165, 1.54) is 12.1 Å². The van der Waals surface area contributed by atoms with Crippen molar-refractivity contribution in [3.05, 3.63) is 52.9 Å². The van der Waals surface area contributed by atoms with Crippen molar-refractivity contribution in [3.63, 3.8) is 0 Å². The number of benzene rings is 1. The minimum absolute atomic E-state index is 0.156. The van der Waals surface area contributed by atoms with Crippen LogP contribution < -0.4 is 11.1 Å². The molecule has 1 amide bonds. The van der Waals surface area contributed by atoms with Gasteiger partial charge in [0.2, 0.25) is 0 Å². The second kappa shape index (κ2) is 6.10. The summed E-state index contributed by atoms with van der Waals surface area (Å²) in [6.45, 7) is 0.293. The summed E-state index contributed by atoms with van der Waals surface area (Å²) < 4.78 is 5.02. The van der Waals surface area contributed by atoms with Gasteiger partial charge in [0, 0.05) is 11.3 Å². The van der Waals surface area contributed by atoms with E-state index in [1.54, 1.807) is 18.2 Å². The second-order valence-electron chi connectivity index (χ2n) is 3.64. The van der Waals surface area contributed by atoms with Gasteiger partial charge in [0.15, 0.2) is 11.0 Å². The maximum absolute atomic E-state index is 11.8. The van der Waals surface area contributed by atoms with E-state index >= 15 is 0 Å². The van der Waals surface area contributed by atoms with Crippen molar-refractivity contribution in [2.75, 3.05) is 11.9 Å². The van der Waals surface area contributed by atoms with Crippen LogP contribution in [0.4, 0.5) is 5.69 Å². The highest BCUT2D eigenvalue weighted by Gasteiger charge is 2.10. The molecule has 3 N–H and O–H groups in total. The zero-order valence-electron chi connectivity index (χ0n) is 9.94. The quantitative estimate of drug-likeness (QED) is 0.827. The number of carbonyl (C=O) groups excluding carboxylic acids is 1. The fourth-order valence-electron chi connectivity index (χ4n) is 1.46. The highest BCUT2D eigenvalue weighted by molar-refractivity contribution is 6.29.